The maximum Gasteiger partial charge on any atom is 0.254 e. The SMILES string of the molecule is CC(N)=NCCCC(C(N)=O)n1c(-c2ccc(C(C)C)cc2)nc2cc(C(=O)N(CCc3ccccc3)Cc3ccccc3)ccc21. The minimum Gasteiger partial charge on any atom is -0.388 e. The van der Waals surface area contributed by atoms with Gasteiger partial charge in [0, 0.05) is 30.8 Å². The summed E-state index contributed by atoms with van der Waals surface area (Å²) in [5.74, 6) is 0.981. The molecule has 1 atom stereocenters. The molecule has 5 rings (SSSR count). The number of hydrogen-bond acceptors (Lipinski definition) is 4. The molecule has 242 valence electrons. The molecule has 0 aliphatic heterocycles. The van der Waals surface area contributed by atoms with Gasteiger partial charge in [0.1, 0.15) is 11.9 Å². The molecular formula is C39H44N6O2. The molecule has 8 heteroatoms. The van der Waals surface area contributed by atoms with E-state index in [1.54, 1.807) is 6.92 Å². The highest BCUT2D eigenvalue weighted by atomic mass is 16.2. The lowest BCUT2D eigenvalue weighted by molar-refractivity contribution is -0.121. The fourth-order valence-electron chi connectivity index (χ4n) is 5.85. The molecule has 0 radical (unpaired) electrons. The number of rotatable bonds is 14. The average molecular weight is 629 g/mol. The predicted molar refractivity (Wildman–Crippen MR) is 190 cm³/mol. The van der Waals surface area contributed by atoms with Gasteiger partial charge in [-0.05, 0) is 67.0 Å². The van der Waals surface area contributed by atoms with E-state index in [0.29, 0.717) is 61.1 Å². The van der Waals surface area contributed by atoms with E-state index in [1.165, 1.54) is 11.1 Å². The quantitative estimate of drug-likeness (QED) is 0.0790. The fourth-order valence-corrected chi connectivity index (χ4v) is 5.85. The van der Waals surface area contributed by atoms with Crippen molar-refractivity contribution >= 4 is 28.7 Å². The summed E-state index contributed by atoms with van der Waals surface area (Å²) >= 11 is 0. The first kappa shape index (κ1) is 33.1. The second-order valence-corrected chi connectivity index (χ2v) is 12.3. The minimum atomic E-state index is -0.657. The molecular weight excluding hydrogens is 584 g/mol. The van der Waals surface area contributed by atoms with Crippen LogP contribution in [-0.2, 0) is 17.8 Å². The Morgan fingerprint density at radius 1 is 0.872 bits per heavy atom. The molecule has 0 fully saturated rings. The molecule has 4 aromatic carbocycles. The second kappa shape index (κ2) is 15.4. The lowest BCUT2D eigenvalue weighted by Gasteiger charge is -2.23. The Morgan fingerprint density at radius 3 is 2.15 bits per heavy atom. The van der Waals surface area contributed by atoms with Gasteiger partial charge >= 0.3 is 0 Å². The molecule has 8 nitrogen and oxygen atoms in total. The number of fused-ring (bicyclic) bond motifs is 1. The van der Waals surface area contributed by atoms with E-state index in [0.717, 1.165) is 23.1 Å². The number of nitrogens with two attached hydrogens (primary N) is 2. The van der Waals surface area contributed by atoms with Crippen LogP contribution in [0.3, 0.4) is 0 Å². The molecule has 5 aromatic rings. The van der Waals surface area contributed by atoms with Crippen LogP contribution in [0.5, 0.6) is 0 Å². The standard InChI is InChI=1S/C39H44N6O2/c1-27(2)31-16-18-32(19-17-31)38-43-34-25-33(20-21-35(34)45(38)36(37(41)46)15-10-23-42-28(3)40)39(47)44(26-30-13-8-5-9-14-30)24-22-29-11-6-4-7-12-29/h4-9,11-14,16-21,25,27,36H,10,15,22-24,26H2,1-3H3,(H2,40,42)(H2,41,46). The number of amidine groups is 1. The molecule has 1 unspecified atom stereocenters. The van der Waals surface area contributed by atoms with Crippen molar-refractivity contribution in [3.63, 3.8) is 0 Å². The maximum absolute atomic E-state index is 14.1. The normalized spacial score (nSPS) is 12.4. The molecule has 1 aromatic heterocycles. The van der Waals surface area contributed by atoms with Crippen LogP contribution >= 0.6 is 0 Å². The van der Waals surface area contributed by atoms with Crippen molar-refractivity contribution in [3.8, 4) is 11.4 Å². The number of aliphatic imine (C=N–C) groups is 1. The van der Waals surface area contributed by atoms with Crippen LogP contribution in [0.25, 0.3) is 22.4 Å². The lowest BCUT2D eigenvalue weighted by atomic mass is 10.0. The highest BCUT2D eigenvalue weighted by Crippen LogP contribution is 2.32. The molecule has 0 aliphatic carbocycles. The third-order valence-electron chi connectivity index (χ3n) is 8.43. The summed E-state index contributed by atoms with van der Waals surface area (Å²) in [5.41, 5.74) is 18.0. The van der Waals surface area contributed by atoms with E-state index < -0.39 is 11.9 Å². The number of primary amides is 1. The van der Waals surface area contributed by atoms with E-state index in [2.05, 4.69) is 43.1 Å². The second-order valence-electron chi connectivity index (χ2n) is 12.3. The number of nitrogens with zero attached hydrogens (tertiary/aromatic N) is 4. The van der Waals surface area contributed by atoms with Gasteiger partial charge < -0.3 is 20.9 Å². The average Bonchev–Trinajstić information content (AvgIpc) is 3.45. The summed E-state index contributed by atoms with van der Waals surface area (Å²) in [7, 11) is 0. The number of carbonyl (C=O) groups excluding carboxylic acids is 2. The van der Waals surface area contributed by atoms with Crippen LogP contribution in [-0.4, -0.2) is 45.2 Å². The van der Waals surface area contributed by atoms with Gasteiger partial charge in [-0.25, -0.2) is 4.98 Å². The number of imidazole rings is 1. The molecule has 47 heavy (non-hydrogen) atoms. The van der Waals surface area contributed by atoms with Crippen molar-refractivity contribution in [2.45, 2.75) is 58.5 Å². The zero-order chi connectivity index (χ0) is 33.3. The van der Waals surface area contributed by atoms with Gasteiger partial charge in [0.15, 0.2) is 0 Å². The van der Waals surface area contributed by atoms with Crippen LogP contribution < -0.4 is 11.5 Å². The van der Waals surface area contributed by atoms with Gasteiger partial charge in [-0.1, -0.05) is 98.8 Å². The van der Waals surface area contributed by atoms with E-state index in [1.807, 2.05) is 88.3 Å². The first-order valence-electron chi connectivity index (χ1n) is 16.3. The van der Waals surface area contributed by atoms with Gasteiger partial charge in [-0.2, -0.15) is 0 Å². The summed E-state index contributed by atoms with van der Waals surface area (Å²) in [4.78, 5) is 38.3. The molecule has 0 aliphatic rings. The number of aromatic nitrogens is 2. The molecule has 2 amide bonds. The van der Waals surface area contributed by atoms with Crippen molar-refractivity contribution in [1.29, 1.82) is 0 Å². The van der Waals surface area contributed by atoms with Crippen LogP contribution in [0.1, 0.15) is 72.6 Å². The van der Waals surface area contributed by atoms with Gasteiger partial charge in [0.05, 0.1) is 16.9 Å². The molecule has 0 saturated carbocycles. The molecule has 1 heterocycles. The summed E-state index contributed by atoms with van der Waals surface area (Å²) < 4.78 is 1.92. The Bertz CT molecular complexity index is 1820. The Balaban J connectivity index is 1.54. The first-order valence-corrected chi connectivity index (χ1v) is 16.3. The lowest BCUT2D eigenvalue weighted by Crippen LogP contribution is -2.32. The Hall–Kier alpha value is -5.24. The van der Waals surface area contributed by atoms with Crippen molar-refractivity contribution in [1.82, 2.24) is 14.5 Å². The van der Waals surface area contributed by atoms with Crippen molar-refractivity contribution in [3.05, 3.63) is 125 Å². The number of amides is 2. The third-order valence-corrected chi connectivity index (χ3v) is 8.43. The van der Waals surface area contributed by atoms with Crippen LogP contribution in [0.4, 0.5) is 0 Å². The minimum absolute atomic E-state index is 0.0782. The Kier molecular flexibility index (Phi) is 10.8. The largest absolute Gasteiger partial charge is 0.388 e. The first-order chi connectivity index (χ1) is 22.7. The van der Waals surface area contributed by atoms with Gasteiger partial charge in [-0.15, -0.1) is 0 Å². The zero-order valence-corrected chi connectivity index (χ0v) is 27.5. The summed E-state index contributed by atoms with van der Waals surface area (Å²) in [6.45, 7) is 7.59. The van der Waals surface area contributed by atoms with Gasteiger partial charge in [0.2, 0.25) is 5.91 Å². The number of benzene rings is 4. The van der Waals surface area contributed by atoms with Crippen LogP contribution in [0.2, 0.25) is 0 Å². The van der Waals surface area contributed by atoms with Crippen LogP contribution in [0, 0.1) is 0 Å². The van der Waals surface area contributed by atoms with E-state index in [-0.39, 0.29) is 5.91 Å². The summed E-state index contributed by atoms with van der Waals surface area (Å²) in [6.07, 6.45) is 1.83. The van der Waals surface area contributed by atoms with Crippen molar-refractivity contribution in [2.24, 2.45) is 16.5 Å². The number of hydrogen-bond donors (Lipinski definition) is 2. The molecule has 0 saturated heterocycles. The Labute approximate surface area is 277 Å². The molecule has 4 N–H and O–H groups in total. The summed E-state index contributed by atoms with van der Waals surface area (Å²) in [5, 5.41) is 0. The highest BCUT2D eigenvalue weighted by molar-refractivity contribution is 5.98. The number of carbonyl (C=O) groups is 2. The predicted octanol–water partition coefficient (Wildman–Crippen LogP) is 6.90. The van der Waals surface area contributed by atoms with Crippen molar-refractivity contribution in [2.75, 3.05) is 13.1 Å². The zero-order valence-electron chi connectivity index (χ0n) is 27.5. The van der Waals surface area contributed by atoms with E-state index in [4.69, 9.17) is 16.5 Å². The van der Waals surface area contributed by atoms with E-state index in [9.17, 15) is 9.59 Å². The highest BCUT2D eigenvalue weighted by Gasteiger charge is 2.26. The monoisotopic (exact) mass is 628 g/mol. The van der Waals surface area contributed by atoms with Crippen LogP contribution in [0.15, 0.2) is 108 Å². The molecule has 0 spiro atoms. The maximum atomic E-state index is 14.1. The van der Waals surface area contributed by atoms with Gasteiger partial charge in [0.25, 0.3) is 5.91 Å². The van der Waals surface area contributed by atoms with Gasteiger partial charge in [-0.3, -0.25) is 14.6 Å². The molecule has 0 bridgehead atoms. The summed E-state index contributed by atoms with van der Waals surface area (Å²) in [6, 6.07) is 33.3. The Morgan fingerprint density at radius 2 is 1.53 bits per heavy atom. The fraction of sp³-hybridized carbons (Fsp3) is 0.282. The third kappa shape index (κ3) is 8.33. The topological polar surface area (TPSA) is 120 Å². The van der Waals surface area contributed by atoms with Crippen molar-refractivity contribution < 1.29 is 9.59 Å². The van der Waals surface area contributed by atoms with E-state index >= 15 is 0 Å². The smallest absolute Gasteiger partial charge is 0.254 e.